The number of rotatable bonds is 5. The van der Waals surface area contributed by atoms with E-state index in [1.54, 1.807) is 31.2 Å². The van der Waals surface area contributed by atoms with Gasteiger partial charge in [-0.1, -0.05) is 23.5 Å². The van der Waals surface area contributed by atoms with Crippen molar-refractivity contribution in [3.05, 3.63) is 53.3 Å². The molecule has 0 amide bonds. The number of sulfone groups is 1. The van der Waals surface area contributed by atoms with Gasteiger partial charge in [0.15, 0.2) is 20.8 Å². The molecule has 0 fully saturated rings. The molecule has 2 aromatic carbocycles. The highest BCUT2D eigenvalue weighted by Gasteiger charge is 2.12. The molecule has 0 saturated heterocycles. The van der Waals surface area contributed by atoms with Crippen molar-refractivity contribution >= 4 is 42.3 Å². The molecular weight excluding hydrogens is 363 g/mol. The van der Waals surface area contributed by atoms with Gasteiger partial charge in [0, 0.05) is 11.8 Å². The standard InChI is InChI=1S/C17H15FN2O3S2/c1-10-3-4-11(7-13(10)18)15(21)9-19-17-20-14-6-5-12(25(2,22)23)8-16(14)24-17/h3-8H,9H2,1-2H3,(H,19,20). The van der Waals surface area contributed by atoms with Crippen LogP contribution in [0.1, 0.15) is 15.9 Å². The highest BCUT2D eigenvalue weighted by Crippen LogP contribution is 2.28. The highest BCUT2D eigenvalue weighted by atomic mass is 32.2. The number of hydrogen-bond acceptors (Lipinski definition) is 6. The van der Waals surface area contributed by atoms with Gasteiger partial charge >= 0.3 is 0 Å². The van der Waals surface area contributed by atoms with Crippen LogP contribution in [0.25, 0.3) is 10.2 Å². The van der Waals surface area contributed by atoms with Gasteiger partial charge in [0.1, 0.15) is 5.82 Å². The summed E-state index contributed by atoms with van der Waals surface area (Å²) < 4.78 is 37.5. The number of aromatic nitrogens is 1. The first-order valence-electron chi connectivity index (χ1n) is 7.38. The molecule has 25 heavy (non-hydrogen) atoms. The average Bonchev–Trinajstić information content (AvgIpc) is 2.96. The molecule has 1 aromatic heterocycles. The first-order chi connectivity index (χ1) is 11.7. The van der Waals surface area contributed by atoms with E-state index in [4.69, 9.17) is 0 Å². The zero-order chi connectivity index (χ0) is 18.2. The number of benzene rings is 2. The molecule has 8 heteroatoms. The topological polar surface area (TPSA) is 76.1 Å². The van der Waals surface area contributed by atoms with Gasteiger partial charge in [-0.05, 0) is 36.8 Å². The Kier molecular flexibility index (Phi) is 4.57. The Morgan fingerprint density at radius 2 is 2.00 bits per heavy atom. The SMILES string of the molecule is Cc1ccc(C(=O)CNc2nc3ccc(S(C)(=O)=O)cc3s2)cc1F. The number of nitrogens with one attached hydrogen (secondary N) is 1. The lowest BCUT2D eigenvalue weighted by atomic mass is 10.1. The van der Waals surface area contributed by atoms with Crippen molar-refractivity contribution in [3.8, 4) is 0 Å². The van der Waals surface area contributed by atoms with Crippen LogP contribution < -0.4 is 5.32 Å². The van der Waals surface area contributed by atoms with E-state index in [-0.39, 0.29) is 22.8 Å². The smallest absolute Gasteiger partial charge is 0.184 e. The molecule has 0 atom stereocenters. The van der Waals surface area contributed by atoms with Crippen LogP contribution in [-0.2, 0) is 9.84 Å². The predicted molar refractivity (Wildman–Crippen MR) is 96.7 cm³/mol. The van der Waals surface area contributed by atoms with E-state index < -0.39 is 15.7 Å². The zero-order valence-corrected chi connectivity index (χ0v) is 15.2. The minimum absolute atomic E-state index is 0.0265. The quantitative estimate of drug-likeness (QED) is 0.688. The maximum Gasteiger partial charge on any atom is 0.184 e. The number of thiazole rings is 1. The number of carbonyl (C=O) groups is 1. The maximum absolute atomic E-state index is 13.5. The van der Waals surface area contributed by atoms with E-state index in [1.807, 2.05) is 0 Å². The summed E-state index contributed by atoms with van der Waals surface area (Å²) in [5.41, 5.74) is 1.42. The lowest BCUT2D eigenvalue weighted by Crippen LogP contribution is -2.14. The van der Waals surface area contributed by atoms with Gasteiger partial charge in [-0.2, -0.15) is 0 Å². The van der Waals surface area contributed by atoms with E-state index >= 15 is 0 Å². The second-order valence-corrected chi connectivity index (χ2v) is 8.71. The molecule has 0 unspecified atom stereocenters. The third-order valence-corrected chi connectivity index (χ3v) is 5.77. The van der Waals surface area contributed by atoms with Gasteiger partial charge in [-0.25, -0.2) is 17.8 Å². The Hall–Kier alpha value is -2.32. The second kappa shape index (κ2) is 6.53. The van der Waals surface area contributed by atoms with E-state index in [9.17, 15) is 17.6 Å². The van der Waals surface area contributed by atoms with Gasteiger partial charge < -0.3 is 5.32 Å². The van der Waals surface area contributed by atoms with Crippen LogP contribution in [0.15, 0.2) is 41.3 Å². The first-order valence-corrected chi connectivity index (χ1v) is 10.1. The molecule has 3 rings (SSSR count). The van der Waals surface area contributed by atoms with Gasteiger partial charge in [0.2, 0.25) is 0 Å². The number of aryl methyl sites for hydroxylation is 1. The van der Waals surface area contributed by atoms with Crippen molar-refractivity contribution in [1.82, 2.24) is 4.98 Å². The summed E-state index contributed by atoms with van der Waals surface area (Å²) in [7, 11) is -3.29. The molecule has 1 heterocycles. The van der Waals surface area contributed by atoms with Crippen molar-refractivity contribution in [2.75, 3.05) is 18.1 Å². The Labute approximate surface area is 148 Å². The van der Waals surface area contributed by atoms with Crippen molar-refractivity contribution < 1.29 is 17.6 Å². The van der Waals surface area contributed by atoms with Crippen LogP contribution in [0, 0.1) is 12.7 Å². The number of hydrogen-bond donors (Lipinski definition) is 1. The molecule has 1 N–H and O–H groups in total. The van der Waals surface area contributed by atoms with E-state index in [1.165, 1.54) is 23.5 Å². The number of Topliss-reactive ketones (excluding diaryl/α,β-unsaturated/α-hetero) is 1. The summed E-state index contributed by atoms with van der Waals surface area (Å²) in [6.45, 7) is 1.61. The number of carbonyl (C=O) groups excluding carboxylic acids is 1. The minimum atomic E-state index is -3.29. The van der Waals surface area contributed by atoms with Crippen molar-refractivity contribution in [2.45, 2.75) is 11.8 Å². The summed E-state index contributed by atoms with van der Waals surface area (Å²) in [6.07, 6.45) is 1.15. The molecule has 0 radical (unpaired) electrons. The molecule has 0 saturated carbocycles. The fourth-order valence-electron chi connectivity index (χ4n) is 2.24. The number of anilines is 1. The van der Waals surface area contributed by atoms with Crippen LogP contribution in [0.3, 0.4) is 0 Å². The normalized spacial score (nSPS) is 11.6. The predicted octanol–water partition coefficient (Wildman–Crippen LogP) is 3.44. The Morgan fingerprint density at radius 3 is 2.68 bits per heavy atom. The summed E-state index contributed by atoms with van der Waals surface area (Å²) >= 11 is 1.26. The molecule has 0 bridgehead atoms. The fourth-order valence-corrected chi connectivity index (χ4v) is 3.86. The Bertz CT molecular complexity index is 1070. The van der Waals surface area contributed by atoms with Crippen LogP contribution >= 0.6 is 11.3 Å². The lowest BCUT2D eigenvalue weighted by Gasteiger charge is -2.03. The summed E-state index contributed by atoms with van der Waals surface area (Å²) in [5.74, 6) is -0.672. The average molecular weight is 378 g/mol. The third-order valence-electron chi connectivity index (χ3n) is 3.68. The molecule has 0 aliphatic carbocycles. The zero-order valence-electron chi connectivity index (χ0n) is 13.5. The molecular formula is C17H15FN2O3S2. The monoisotopic (exact) mass is 378 g/mol. The number of halogens is 1. The molecule has 0 aliphatic rings. The molecule has 5 nitrogen and oxygen atoms in total. The number of nitrogens with zero attached hydrogens (tertiary/aromatic N) is 1. The molecule has 3 aromatic rings. The minimum Gasteiger partial charge on any atom is -0.354 e. The lowest BCUT2D eigenvalue weighted by molar-refractivity contribution is 0.101. The maximum atomic E-state index is 13.5. The van der Waals surface area contributed by atoms with Crippen molar-refractivity contribution in [2.24, 2.45) is 0 Å². The first kappa shape index (κ1) is 17.5. The third kappa shape index (κ3) is 3.85. The molecule has 130 valence electrons. The van der Waals surface area contributed by atoms with Gasteiger partial charge in [-0.3, -0.25) is 4.79 Å². The summed E-state index contributed by atoms with van der Waals surface area (Å²) in [5, 5.41) is 3.41. The van der Waals surface area contributed by atoms with Crippen LogP contribution in [0.2, 0.25) is 0 Å². The van der Waals surface area contributed by atoms with Crippen molar-refractivity contribution in [1.29, 1.82) is 0 Å². The van der Waals surface area contributed by atoms with E-state index in [2.05, 4.69) is 10.3 Å². The van der Waals surface area contributed by atoms with Crippen LogP contribution in [0.4, 0.5) is 9.52 Å². The highest BCUT2D eigenvalue weighted by molar-refractivity contribution is 7.90. The van der Waals surface area contributed by atoms with Gasteiger partial charge in [0.05, 0.1) is 21.7 Å². The van der Waals surface area contributed by atoms with Crippen LogP contribution in [-0.4, -0.2) is 32.0 Å². The Balaban J connectivity index is 1.76. The van der Waals surface area contributed by atoms with Crippen LogP contribution in [0.5, 0.6) is 0 Å². The number of ketones is 1. The van der Waals surface area contributed by atoms with Gasteiger partial charge in [0.25, 0.3) is 0 Å². The largest absolute Gasteiger partial charge is 0.354 e. The molecule has 0 spiro atoms. The Morgan fingerprint density at radius 1 is 1.24 bits per heavy atom. The van der Waals surface area contributed by atoms with E-state index in [0.717, 1.165) is 6.26 Å². The van der Waals surface area contributed by atoms with Gasteiger partial charge in [-0.15, -0.1) is 0 Å². The summed E-state index contributed by atoms with van der Waals surface area (Å²) in [4.78, 5) is 16.7. The number of fused-ring (bicyclic) bond motifs is 1. The fraction of sp³-hybridized carbons (Fsp3) is 0.176. The molecule has 0 aliphatic heterocycles. The van der Waals surface area contributed by atoms with E-state index in [0.29, 0.717) is 20.9 Å². The second-order valence-electron chi connectivity index (χ2n) is 5.66. The summed E-state index contributed by atoms with van der Waals surface area (Å²) in [6, 6.07) is 9.05. The van der Waals surface area contributed by atoms with Crippen molar-refractivity contribution in [3.63, 3.8) is 0 Å².